The molecule has 0 aromatic rings. The highest BCUT2D eigenvalue weighted by Crippen LogP contribution is 2.20. The fourth-order valence-electron chi connectivity index (χ4n) is 2.62. The van der Waals surface area contributed by atoms with E-state index in [4.69, 9.17) is 0 Å². The van der Waals surface area contributed by atoms with Crippen LogP contribution in [0.25, 0.3) is 0 Å². The van der Waals surface area contributed by atoms with E-state index in [9.17, 15) is 4.79 Å². The van der Waals surface area contributed by atoms with Crippen LogP contribution in [0.5, 0.6) is 0 Å². The summed E-state index contributed by atoms with van der Waals surface area (Å²) >= 11 is 0. The zero-order valence-electron chi connectivity index (χ0n) is 12.7. The van der Waals surface area contributed by atoms with Gasteiger partial charge in [0.2, 0.25) is 5.91 Å². The zero-order chi connectivity index (χ0) is 13.7. The van der Waals surface area contributed by atoms with E-state index < -0.39 is 0 Å². The summed E-state index contributed by atoms with van der Waals surface area (Å²) in [6.07, 6.45) is 4.54. The Morgan fingerprint density at radius 2 is 1.89 bits per heavy atom. The van der Waals surface area contributed by atoms with Crippen LogP contribution in [-0.4, -0.2) is 29.6 Å². The predicted octanol–water partition coefficient (Wildman–Crippen LogP) is 3.01. The van der Waals surface area contributed by atoms with E-state index in [0.29, 0.717) is 11.8 Å². The summed E-state index contributed by atoms with van der Waals surface area (Å²) in [6.45, 7) is 11.9. The van der Waals surface area contributed by atoms with Gasteiger partial charge in [0.1, 0.15) is 0 Å². The van der Waals surface area contributed by atoms with Crippen molar-refractivity contribution in [2.45, 2.75) is 72.5 Å². The summed E-state index contributed by atoms with van der Waals surface area (Å²) in [5, 5.41) is 3.49. The van der Waals surface area contributed by atoms with Crippen molar-refractivity contribution in [3.8, 4) is 0 Å². The lowest BCUT2D eigenvalue weighted by Crippen LogP contribution is -2.39. The summed E-state index contributed by atoms with van der Waals surface area (Å²) in [7, 11) is 0. The van der Waals surface area contributed by atoms with Crippen LogP contribution in [0, 0.1) is 11.8 Å². The number of nitrogens with one attached hydrogen (secondary N) is 1. The normalized spacial score (nSPS) is 24.6. The molecule has 2 atom stereocenters. The van der Waals surface area contributed by atoms with Crippen LogP contribution in [0.4, 0.5) is 0 Å². The largest absolute Gasteiger partial charge is 0.326 e. The Balaban J connectivity index is 2.55. The van der Waals surface area contributed by atoms with E-state index in [1.54, 1.807) is 0 Å². The molecular weight excluding hydrogens is 224 g/mol. The van der Waals surface area contributed by atoms with Crippen molar-refractivity contribution in [2.24, 2.45) is 11.8 Å². The average molecular weight is 254 g/mol. The third kappa shape index (κ3) is 4.27. The minimum atomic E-state index is 0.0489. The smallest absolute Gasteiger partial charge is 0.241 e. The molecule has 0 spiro atoms. The van der Waals surface area contributed by atoms with Gasteiger partial charge in [-0.1, -0.05) is 34.6 Å². The topological polar surface area (TPSA) is 32.3 Å². The number of hydrogen-bond donors (Lipinski definition) is 1. The molecule has 0 aromatic heterocycles. The Labute approximate surface area is 112 Å². The van der Waals surface area contributed by atoms with Crippen LogP contribution in [-0.2, 0) is 4.79 Å². The van der Waals surface area contributed by atoms with Crippen molar-refractivity contribution >= 4 is 5.91 Å². The van der Waals surface area contributed by atoms with Gasteiger partial charge in [-0.25, -0.2) is 0 Å². The first-order chi connectivity index (χ1) is 8.45. The third-order valence-corrected chi connectivity index (χ3v) is 3.63. The molecule has 1 fully saturated rings. The molecule has 1 N–H and O–H groups in total. The predicted molar refractivity (Wildman–Crippen MR) is 76.2 cm³/mol. The quantitative estimate of drug-likeness (QED) is 0.757. The molecule has 0 radical (unpaired) electrons. The first-order valence-electron chi connectivity index (χ1n) is 7.52. The highest BCUT2D eigenvalue weighted by Gasteiger charge is 2.37. The van der Waals surface area contributed by atoms with Crippen LogP contribution in [0.1, 0.15) is 60.3 Å². The molecule has 1 aliphatic rings. The lowest BCUT2D eigenvalue weighted by molar-refractivity contribution is -0.130. The average Bonchev–Trinajstić information content (AvgIpc) is 2.55. The highest BCUT2D eigenvalue weighted by atomic mass is 16.2. The maximum absolute atomic E-state index is 12.3. The molecule has 106 valence electrons. The number of rotatable bonds is 7. The van der Waals surface area contributed by atoms with E-state index in [1.165, 1.54) is 6.42 Å². The van der Waals surface area contributed by atoms with Gasteiger partial charge < -0.3 is 4.90 Å². The van der Waals surface area contributed by atoms with Crippen molar-refractivity contribution in [3.63, 3.8) is 0 Å². The molecule has 0 aromatic carbocycles. The molecule has 0 aliphatic carbocycles. The van der Waals surface area contributed by atoms with Crippen LogP contribution in [0.3, 0.4) is 0 Å². The Kier molecular flexibility index (Phi) is 6.13. The summed E-state index contributed by atoms with van der Waals surface area (Å²) in [5.41, 5.74) is 0. The first kappa shape index (κ1) is 15.5. The second-order valence-electron chi connectivity index (χ2n) is 6.34. The first-order valence-corrected chi connectivity index (χ1v) is 7.52. The summed E-state index contributed by atoms with van der Waals surface area (Å²) < 4.78 is 0. The number of carbonyl (C=O) groups is 1. The van der Waals surface area contributed by atoms with Crippen molar-refractivity contribution in [1.82, 2.24) is 10.2 Å². The van der Waals surface area contributed by atoms with Gasteiger partial charge >= 0.3 is 0 Å². The van der Waals surface area contributed by atoms with E-state index >= 15 is 0 Å². The number of hydrogen-bond acceptors (Lipinski definition) is 2. The van der Waals surface area contributed by atoms with Gasteiger partial charge in [-0.2, -0.15) is 0 Å². The number of amides is 1. The van der Waals surface area contributed by atoms with Gasteiger partial charge in [0.25, 0.3) is 0 Å². The second-order valence-corrected chi connectivity index (χ2v) is 6.34. The monoisotopic (exact) mass is 254 g/mol. The van der Waals surface area contributed by atoms with Crippen molar-refractivity contribution in [1.29, 1.82) is 0 Å². The minimum Gasteiger partial charge on any atom is -0.326 e. The molecule has 1 saturated heterocycles. The van der Waals surface area contributed by atoms with Gasteiger partial charge in [0, 0.05) is 6.54 Å². The van der Waals surface area contributed by atoms with Gasteiger partial charge in [-0.15, -0.1) is 0 Å². The van der Waals surface area contributed by atoms with Gasteiger partial charge in [0.15, 0.2) is 0 Å². The Morgan fingerprint density at radius 1 is 1.22 bits per heavy atom. The molecule has 18 heavy (non-hydrogen) atoms. The highest BCUT2D eigenvalue weighted by molar-refractivity contribution is 5.84. The molecule has 2 unspecified atom stereocenters. The van der Waals surface area contributed by atoms with Crippen LogP contribution in [0.2, 0.25) is 0 Å². The minimum absolute atomic E-state index is 0.0489. The summed E-state index contributed by atoms with van der Waals surface area (Å²) in [4.78, 5) is 14.3. The van der Waals surface area contributed by atoms with E-state index in [0.717, 1.165) is 31.7 Å². The molecule has 1 heterocycles. The molecule has 3 nitrogen and oxygen atoms in total. The van der Waals surface area contributed by atoms with Crippen molar-refractivity contribution in [3.05, 3.63) is 0 Å². The summed E-state index contributed by atoms with van der Waals surface area (Å²) in [6, 6.07) is 0.0489. The molecule has 3 heteroatoms. The molecule has 1 amide bonds. The molecule has 0 saturated carbocycles. The maximum Gasteiger partial charge on any atom is 0.241 e. The number of nitrogens with zero attached hydrogens (tertiary/aromatic N) is 1. The summed E-state index contributed by atoms with van der Waals surface area (Å²) in [5.74, 6) is 1.66. The Bertz CT molecular complexity index is 263. The van der Waals surface area contributed by atoms with Gasteiger partial charge in [0.05, 0.1) is 12.2 Å². The maximum atomic E-state index is 12.3. The second kappa shape index (κ2) is 7.13. The zero-order valence-corrected chi connectivity index (χ0v) is 12.7. The fourth-order valence-corrected chi connectivity index (χ4v) is 2.62. The number of carbonyl (C=O) groups excluding carboxylic acids is 1. The van der Waals surface area contributed by atoms with Gasteiger partial charge in [-0.05, 0) is 37.5 Å². The molecule has 1 rings (SSSR count). The lowest BCUT2D eigenvalue weighted by atomic mass is 10.1. The molecular formula is C15H30N2O. The van der Waals surface area contributed by atoms with Crippen LogP contribution in [0.15, 0.2) is 0 Å². The fraction of sp³-hybridized carbons (Fsp3) is 0.933. The van der Waals surface area contributed by atoms with E-state index in [1.807, 2.05) is 0 Å². The van der Waals surface area contributed by atoms with Crippen LogP contribution < -0.4 is 5.32 Å². The molecule has 1 aliphatic heterocycles. The SMILES string of the molecule is CCC1NC(CC(C)C)N(CCCC(C)C)C1=O. The third-order valence-electron chi connectivity index (χ3n) is 3.63. The Hall–Kier alpha value is -0.570. The van der Waals surface area contributed by atoms with Gasteiger partial charge in [-0.3, -0.25) is 10.1 Å². The van der Waals surface area contributed by atoms with E-state index in [-0.39, 0.29) is 12.2 Å². The lowest BCUT2D eigenvalue weighted by Gasteiger charge is -2.25. The van der Waals surface area contributed by atoms with E-state index in [2.05, 4.69) is 44.8 Å². The van der Waals surface area contributed by atoms with Crippen molar-refractivity contribution in [2.75, 3.05) is 6.54 Å². The standard InChI is InChI=1S/C15H30N2O/c1-6-13-15(18)17(9-7-8-11(2)3)14(16-13)10-12(4)5/h11-14,16H,6-10H2,1-5H3. The molecule has 0 bridgehead atoms. The Morgan fingerprint density at radius 3 is 2.39 bits per heavy atom. The van der Waals surface area contributed by atoms with Crippen molar-refractivity contribution < 1.29 is 4.79 Å². The van der Waals surface area contributed by atoms with Crippen LogP contribution >= 0.6 is 0 Å².